The normalized spacial score (nSPS) is 18.9. The van der Waals surface area contributed by atoms with Crippen molar-refractivity contribution in [3.05, 3.63) is 107 Å². The van der Waals surface area contributed by atoms with Crippen LogP contribution in [0.2, 0.25) is 0 Å². The number of likely N-dealkylation sites (tertiary alicyclic amines) is 1. The molecule has 3 aromatic carbocycles. The summed E-state index contributed by atoms with van der Waals surface area (Å²) in [5.41, 5.74) is 2.08. The number of carbonyl (C=O) groups excluding carboxylic acids is 4. The van der Waals surface area contributed by atoms with Gasteiger partial charge in [0.1, 0.15) is 0 Å². The Morgan fingerprint density at radius 3 is 1.81 bits per heavy atom. The number of fused-ring (bicyclic) bond motifs is 1. The molecule has 7 heteroatoms. The molecule has 2 aliphatic heterocycles. The van der Waals surface area contributed by atoms with Gasteiger partial charge in [-0.2, -0.15) is 0 Å². The van der Waals surface area contributed by atoms with E-state index >= 15 is 0 Å². The molecule has 0 saturated carbocycles. The van der Waals surface area contributed by atoms with Crippen LogP contribution in [0.4, 0.5) is 0 Å². The number of nitrogens with zero attached hydrogens (tertiary/aromatic N) is 2. The molecule has 0 bridgehead atoms. The second-order valence-corrected chi connectivity index (χ2v) is 8.91. The number of unbranched alkanes of at least 4 members (excludes halogenated alkanes) is 1. The lowest BCUT2D eigenvalue weighted by Gasteiger charge is -2.51. The lowest BCUT2D eigenvalue weighted by Crippen LogP contribution is -2.74. The molecule has 1 saturated heterocycles. The molecule has 1 fully saturated rings. The number of β-lactam (4-membered cyclic amide) rings is 1. The van der Waals surface area contributed by atoms with E-state index in [4.69, 9.17) is 4.74 Å². The minimum Gasteiger partial charge on any atom is -0.464 e. The number of benzene rings is 3. The second kappa shape index (κ2) is 9.77. The van der Waals surface area contributed by atoms with Crippen LogP contribution in [0, 0.1) is 0 Å². The van der Waals surface area contributed by atoms with Gasteiger partial charge in [0, 0.05) is 0 Å². The smallest absolute Gasteiger partial charge is 0.331 e. The highest BCUT2D eigenvalue weighted by Crippen LogP contribution is 2.41. The third kappa shape index (κ3) is 3.86. The standard InChI is InChI=1S/C29H26N2O5/c1-2-3-18-36-29(35)25-24(31-26(32)21-16-10-11-17-22(21)27(31)33)28(34)30(25)23(19-12-6-4-7-13-19)20-14-8-5-9-15-20/h4-17,23-25H,2-3,18H2,1H3. The molecule has 3 aromatic rings. The van der Waals surface area contributed by atoms with Crippen molar-refractivity contribution in [3.63, 3.8) is 0 Å². The van der Waals surface area contributed by atoms with Gasteiger partial charge < -0.3 is 9.64 Å². The largest absolute Gasteiger partial charge is 0.464 e. The van der Waals surface area contributed by atoms with Crippen molar-refractivity contribution in [2.24, 2.45) is 0 Å². The number of esters is 1. The average molecular weight is 483 g/mol. The summed E-state index contributed by atoms with van der Waals surface area (Å²) in [6.45, 7) is 2.18. The Bertz CT molecular complexity index is 1230. The molecule has 5 rings (SSSR count). The Labute approximate surface area is 209 Å². The van der Waals surface area contributed by atoms with Gasteiger partial charge in [0.05, 0.1) is 23.8 Å². The van der Waals surface area contributed by atoms with Crippen LogP contribution in [-0.2, 0) is 14.3 Å². The van der Waals surface area contributed by atoms with Crippen molar-refractivity contribution in [1.29, 1.82) is 0 Å². The molecule has 2 atom stereocenters. The van der Waals surface area contributed by atoms with Crippen molar-refractivity contribution < 1.29 is 23.9 Å². The zero-order chi connectivity index (χ0) is 25.2. The summed E-state index contributed by atoms with van der Waals surface area (Å²) in [5.74, 6) is -2.24. The molecule has 0 spiro atoms. The Morgan fingerprint density at radius 2 is 1.31 bits per heavy atom. The van der Waals surface area contributed by atoms with Gasteiger partial charge in [-0.1, -0.05) is 86.1 Å². The monoisotopic (exact) mass is 482 g/mol. The van der Waals surface area contributed by atoms with E-state index < -0.39 is 41.8 Å². The van der Waals surface area contributed by atoms with E-state index in [1.54, 1.807) is 24.3 Å². The predicted molar refractivity (Wildman–Crippen MR) is 132 cm³/mol. The topological polar surface area (TPSA) is 84.0 Å². The van der Waals surface area contributed by atoms with E-state index in [1.165, 1.54) is 4.90 Å². The molecule has 2 aliphatic rings. The van der Waals surface area contributed by atoms with Crippen molar-refractivity contribution in [3.8, 4) is 0 Å². The molecule has 0 aliphatic carbocycles. The summed E-state index contributed by atoms with van der Waals surface area (Å²) in [5, 5.41) is 0. The van der Waals surface area contributed by atoms with E-state index in [1.807, 2.05) is 67.6 Å². The number of rotatable bonds is 8. The number of ether oxygens (including phenoxy) is 1. The number of amides is 3. The van der Waals surface area contributed by atoms with Gasteiger partial charge in [-0.05, 0) is 29.7 Å². The molecular formula is C29H26N2O5. The molecule has 36 heavy (non-hydrogen) atoms. The predicted octanol–water partition coefficient (Wildman–Crippen LogP) is 3.99. The first-order valence-electron chi connectivity index (χ1n) is 12.1. The van der Waals surface area contributed by atoms with Crippen molar-refractivity contribution in [2.75, 3.05) is 6.61 Å². The van der Waals surface area contributed by atoms with Crippen LogP contribution in [0.3, 0.4) is 0 Å². The highest BCUT2D eigenvalue weighted by atomic mass is 16.5. The minimum absolute atomic E-state index is 0.198. The zero-order valence-corrected chi connectivity index (χ0v) is 19.9. The van der Waals surface area contributed by atoms with Gasteiger partial charge in [-0.25, -0.2) is 4.79 Å². The minimum atomic E-state index is -1.26. The molecule has 2 unspecified atom stereocenters. The number of carbonyl (C=O) groups is 4. The Kier molecular flexibility index (Phi) is 6.38. The first-order valence-corrected chi connectivity index (χ1v) is 12.1. The van der Waals surface area contributed by atoms with Crippen LogP contribution in [0.15, 0.2) is 84.9 Å². The molecular weight excluding hydrogens is 456 g/mol. The van der Waals surface area contributed by atoms with E-state index in [0.717, 1.165) is 22.4 Å². The molecule has 0 N–H and O–H groups in total. The van der Waals surface area contributed by atoms with Gasteiger partial charge in [-0.15, -0.1) is 0 Å². The van der Waals surface area contributed by atoms with Gasteiger partial charge in [0.2, 0.25) is 5.91 Å². The van der Waals surface area contributed by atoms with Crippen molar-refractivity contribution >= 4 is 23.7 Å². The Hall–Kier alpha value is -4.26. The van der Waals surface area contributed by atoms with Gasteiger partial charge in [-0.3, -0.25) is 19.3 Å². The maximum Gasteiger partial charge on any atom is 0.331 e. The maximum atomic E-state index is 13.8. The van der Waals surface area contributed by atoms with E-state index in [0.29, 0.717) is 6.42 Å². The second-order valence-electron chi connectivity index (χ2n) is 8.91. The highest BCUT2D eigenvalue weighted by molar-refractivity contribution is 6.24. The average Bonchev–Trinajstić information content (AvgIpc) is 3.16. The fourth-order valence-corrected chi connectivity index (χ4v) is 4.92. The third-order valence-corrected chi connectivity index (χ3v) is 6.70. The van der Waals surface area contributed by atoms with Crippen LogP contribution in [0.1, 0.15) is 57.7 Å². The van der Waals surface area contributed by atoms with Gasteiger partial charge in [0.15, 0.2) is 12.1 Å². The molecule has 0 radical (unpaired) electrons. The van der Waals surface area contributed by atoms with Crippen LogP contribution in [0.25, 0.3) is 0 Å². The number of imide groups is 1. The van der Waals surface area contributed by atoms with Gasteiger partial charge in [0.25, 0.3) is 11.8 Å². The van der Waals surface area contributed by atoms with Crippen LogP contribution in [0.5, 0.6) is 0 Å². The fraction of sp³-hybridized carbons (Fsp3) is 0.241. The van der Waals surface area contributed by atoms with Crippen LogP contribution < -0.4 is 0 Å². The fourth-order valence-electron chi connectivity index (χ4n) is 4.92. The third-order valence-electron chi connectivity index (χ3n) is 6.70. The first kappa shape index (κ1) is 23.5. The van der Waals surface area contributed by atoms with Gasteiger partial charge >= 0.3 is 5.97 Å². The molecule has 182 valence electrons. The summed E-state index contributed by atoms with van der Waals surface area (Å²) in [6, 6.07) is 22.2. The lowest BCUT2D eigenvalue weighted by molar-refractivity contribution is -0.176. The number of hydrogen-bond acceptors (Lipinski definition) is 5. The SMILES string of the molecule is CCCCOC(=O)C1C(N2C(=O)c3ccccc3C2=O)C(=O)N1C(c1ccccc1)c1ccccc1. The number of hydrogen-bond donors (Lipinski definition) is 0. The molecule has 0 aromatic heterocycles. The summed E-state index contributed by atoms with van der Waals surface area (Å²) < 4.78 is 5.54. The van der Waals surface area contributed by atoms with E-state index in [2.05, 4.69) is 0 Å². The van der Waals surface area contributed by atoms with Crippen molar-refractivity contribution in [1.82, 2.24) is 9.80 Å². The summed E-state index contributed by atoms with van der Waals surface area (Å²) >= 11 is 0. The van der Waals surface area contributed by atoms with E-state index in [-0.39, 0.29) is 17.7 Å². The van der Waals surface area contributed by atoms with Crippen LogP contribution >= 0.6 is 0 Å². The molecule has 3 amide bonds. The van der Waals surface area contributed by atoms with Crippen LogP contribution in [-0.4, -0.2) is 52.2 Å². The molecule has 7 nitrogen and oxygen atoms in total. The Balaban J connectivity index is 1.56. The summed E-state index contributed by atoms with van der Waals surface area (Å²) in [7, 11) is 0. The molecule has 2 heterocycles. The zero-order valence-electron chi connectivity index (χ0n) is 19.9. The maximum absolute atomic E-state index is 13.8. The quantitative estimate of drug-likeness (QED) is 0.210. The lowest BCUT2D eigenvalue weighted by atomic mass is 9.86. The summed E-state index contributed by atoms with van der Waals surface area (Å²) in [6.07, 6.45) is 1.50. The first-order chi connectivity index (χ1) is 17.5. The highest BCUT2D eigenvalue weighted by Gasteiger charge is 2.61. The van der Waals surface area contributed by atoms with E-state index in [9.17, 15) is 19.2 Å². The summed E-state index contributed by atoms with van der Waals surface area (Å²) in [4.78, 5) is 56.0. The van der Waals surface area contributed by atoms with Crippen molar-refractivity contribution in [2.45, 2.75) is 37.9 Å². The Morgan fingerprint density at radius 1 is 0.806 bits per heavy atom.